The molecule has 0 bridgehead atoms. The Hall–Kier alpha value is -3.86. The monoisotopic (exact) mass is 676 g/mol. The van der Waals surface area contributed by atoms with Gasteiger partial charge in [-0.15, -0.1) is 11.3 Å². The molecule has 0 amide bonds. The van der Waals surface area contributed by atoms with Crippen molar-refractivity contribution in [2.75, 3.05) is 58.8 Å². The fourth-order valence-corrected chi connectivity index (χ4v) is 8.34. The number of likely N-dealkylation sites (N-methyl/N-ethyl adjacent to an activating group) is 2. The van der Waals surface area contributed by atoms with E-state index in [4.69, 9.17) is 9.72 Å². The molecule has 1 atom stereocenters. The van der Waals surface area contributed by atoms with Gasteiger partial charge in [-0.3, -0.25) is 14.9 Å². The number of benzene rings is 1. The summed E-state index contributed by atoms with van der Waals surface area (Å²) in [6, 6.07) is 4.80. The van der Waals surface area contributed by atoms with Crippen molar-refractivity contribution in [3.63, 3.8) is 0 Å². The van der Waals surface area contributed by atoms with Gasteiger partial charge in [0.2, 0.25) is 0 Å². The van der Waals surface area contributed by atoms with Crippen molar-refractivity contribution in [3.05, 3.63) is 35.5 Å². The smallest absolute Gasteiger partial charge is 0.319 e. The standard InChI is InChI=1S/C35H39F3N8OS/c1-33(38)13-14-46(17-33)18-34(11-12-34)20-47-32-42-28-23(30(43-32)45(5)19-35(44(3)4)9-6-10-35)16-41-27(26(28)37)21-7-8-24(36)29-25(21)22(15-39)31(40-2)48-29/h7-8,16H,2,6,9-14,17-20H2,1,3-5H3/t33-/m1/s1. The first-order chi connectivity index (χ1) is 22.9. The third-order valence-corrected chi connectivity index (χ3v) is 11.7. The number of hydrogen-bond donors (Lipinski definition) is 0. The van der Waals surface area contributed by atoms with E-state index in [9.17, 15) is 14.0 Å². The molecule has 3 aromatic heterocycles. The molecule has 48 heavy (non-hydrogen) atoms. The van der Waals surface area contributed by atoms with Gasteiger partial charge >= 0.3 is 6.01 Å². The van der Waals surface area contributed by atoms with Gasteiger partial charge < -0.3 is 14.5 Å². The highest BCUT2D eigenvalue weighted by molar-refractivity contribution is 7.23. The fraction of sp³-hybridized carbons (Fsp3) is 0.514. The molecule has 13 heteroatoms. The van der Waals surface area contributed by atoms with Crippen molar-refractivity contribution in [2.45, 2.75) is 56.7 Å². The number of ether oxygens (including phenoxy) is 1. The van der Waals surface area contributed by atoms with E-state index < -0.39 is 17.3 Å². The van der Waals surface area contributed by atoms with E-state index in [0.717, 1.165) is 50.0 Å². The fourth-order valence-electron chi connectivity index (χ4n) is 7.35. The second-order valence-corrected chi connectivity index (χ2v) is 15.4. The molecule has 1 aliphatic heterocycles. The van der Waals surface area contributed by atoms with Crippen LogP contribution < -0.4 is 9.64 Å². The maximum absolute atomic E-state index is 16.8. The summed E-state index contributed by atoms with van der Waals surface area (Å²) in [6.45, 7) is 8.01. The molecular formula is C35H39F3N8OS. The first kappa shape index (κ1) is 32.7. The highest BCUT2D eigenvalue weighted by Gasteiger charge is 2.47. The molecule has 1 saturated heterocycles. The summed E-state index contributed by atoms with van der Waals surface area (Å²) in [7, 11) is 6.08. The second kappa shape index (κ2) is 11.9. The van der Waals surface area contributed by atoms with Gasteiger partial charge in [-0.05, 0) is 78.4 Å². The van der Waals surface area contributed by atoms with Crippen molar-refractivity contribution < 1.29 is 17.9 Å². The van der Waals surface area contributed by atoms with Crippen LogP contribution in [-0.4, -0.2) is 96.6 Å². The van der Waals surface area contributed by atoms with Crippen LogP contribution in [0.2, 0.25) is 0 Å². The Labute approximate surface area is 282 Å². The van der Waals surface area contributed by atoms with Crippen molar-refractivity contribution in [1.82, 2.24) is 24.8 Å². The minimum atomic E-state index is -1.18. The lowest BCUT2D eigenvalue weighted by atomic mass is 9.75. The molecule has 1 aromatic carbocycles. The third kappa shape index (κ3) is 5.67. The lowest BCUT2D eigenvalue weighted by Crippen LogP contribution is -2.56. The summed E-state index contributed by atoms with van der Waals surface area (Å²) in [5.41, 5.74) is -1.02. The summed E-state index contributed by atoms with van der Waals surface area (Å²) >= 11 is 0.986. The number of thiophene rings is 1. The normalized spacial score (nSPS) is 21.4. The molecular weight excluding hydrogens is 638 g/mol. The molecule has 2 aliphatic carbocycles. The van der Waals surface area contributed by atoms with Crippen molar-refractivity contribution >= 4 is 49.9 Å². The topological polar surface area (TPSA) is 93.8 Å². The van der Waals surface area contributed by atoms with E-state index in [0.29, 0.717) is 43.9 Å². The number of fused-ring (bicyclic) bond motifs is 2. The quantitative estimate of drug-likeness (QED) is 0.159. The van der Waals surface area contributed by atoms with Crippen LogP contribution in [0.4, 0.5) is 24.0 Å². The summed E-state index contributed by atoms with van der Waals surface area (Å²) < 4.78 is 52.8. The average Bonchev–Trinajstić information content (AvgIpc) is 3.55. The number of aliphatic imine (C=N–C) groups is 1. The lowest BCUT2D eigenvalue weighted by molar-refractivity contribution is 0.0682. The zero-order valence-electron chi connectivity index (χ0n) is 27.7. The van der Waals surface area contributed by atoms with E-state index in [1.807, 2.05) is 11.9 Å². The van der Waals surface area contributed by atoms with Gasteiger partial charge in [-0.1, -0.05) is 0 Å². The maximum Gasteiger partial charge on any atom is 0.319 e. The van der Waals surface area contributed by atoms with Crippen LogP contribution in [0.1, 0.15) is 51.0 Å². The zero-order valence-corrected chi connectivity index (χ0v) is 28.6. The number of aromatic nitrogens is 3. The Morgan fingerprint density at radius 2 is 1.92 bits per heavy atom. The van der Waals surface area contributed by atoms with E-state index in [2.05, 4.69) is 51.6 Å². The largest absolute Gasteiger partial charge is 0.463 e. The van der Waals surface area contributed by atoms with Crippen molar-refractivity contribution in [3.8, 4) is 23.3 Å². The Kier molecular flexibility index (Phi) is 8.12. The number of nitriles is 1. The number of halogens is 3. The molecule has 0 unspecified atom stereocenters. The minimum absolute atomic E-state index is 0.0187. The number of hydrogen-bond acceptors (Lipinski definition) is 10. The molecule has 0 radical (unpaired) electrons. The van der Waals surface area contributed by atoms with Crippen LogP contribution in [0.25, 0.3) is 32.2 Å². The maximum atomic E-state index is 16.8. The van der Waals surface area contributed by atoms with Gasteiger partial charge in [0.05, 0.1) is 22.3 Å². The van der Waals surface area contributed by atoms with Crippen molar-refractivity contribution in [2.24, 2.45) is 10.4 Å². The van der Waals surface area contributed by atoms with E-state index in [1.54, 1.807) is 6.92 Å². The summed E-state index contributed by atoms with van der Waals surface area (Å²) in [6.07, 6.45) is 7.16. The van der Waals surface area contributed by atoms with Crippen molar-refractivity contribution in [1.29, 1.82) is 5.26 Å². The molecule has 0 N–H and O–H groups in total. The Morgan fingerprint density at radius 1 is 1.15 bits per heavy atom. The summed E-state index contributed by atoms with van der Waals surface area (Å²) in [4.78, 5) is 24.3. The SMILES string of the molecule is C=Nc1sc2c(F)ccc(-c3ncc4c(N(C)CC5(N(C)C)CCC5)nc(OCC5(CN6CC[C@@](C)(F)C6)CC5)nc4c3F)c2c1C#N. The Bertz CT molecular complexity index is 1960. The van der Waals surface area contributed by atoms with Crippen LogP contribution in [-0.2, 0) is 0 Å². The van der Waals surface area contributed by atoms with Crippen LogP contribution in [0.15, 0.2) is 23.3 Å². The highest BCUT2D eigenvalue weighted by Crippen LogP contribution is 2.48. The Morgan fingerprint density at radius 3 is 2.52 bits per heavy atom. The van der Waals surface area contributed by atoms with Gasteiger partial charge in [-0.25, -0.2) is 13.2 Å². The van der Waals surface area contributed by atoms with Gasteiger partial charge in [-0.2, -0.15) is 15.2 Å². The van der Waals surface area contributed by atoms with Gasteiger partial charge in [0.25, 0.3) is 0 Å². The molecule has 7 rings (SSSR count). The number of rotatable bonds is 11. The molecule has 3 fully saturated rings. The highest BCUT2D eigenvalue weighted by atomic mass is 32.1. The predicted molar refractivity (Wildman–Crippen MR) is 183 cm³/mol. The lowest BCUT2D eigenvalue weighted by Gasteiger charge is -2.49. The van der Waals surface area contributed by atoms with Gasteiger partial charge in [0.15, 0.2) is 5.82 Å². The van der Waals surface area contributed by atoms with Gasteiger partial charge in [0, 0.05) is 61.3 Å². The van der Waals surface area contributed by atoms with Crippen LogP contribution in [0.3, 0.4) is 0 Å². The molecule has 4 heterocycles. The van der Waals surface area contributed by atoms with E-state index in [1.165, 1.54) is 18.3 Å². The molecule has 2 saturated carbocycles. The summed E-state index contributed by atoms with van der Waals surface area (Å²) in [5.74, 6) is -0.774. The number of nitrogens with zero attached hydrogens (tertiary/aromatic N) is 8. The van der Waals surface area contributed by atoms with E-state index in [-0.39, 0.29) is 54.4 Å². The van der Waals surface area contributed by atoms with Crippen LogP contribution >= 0.6 is 11.3 Å². The first-order valence-electron chi connectivity index (χ1n) is 16.3. The zero-order chi connectivity index (χ0) is 34.0. The number of likely N-dealkylation sites (tertiary alicyclic amines) is 1. The van der Waals surface area contributed by atoms with E-state index >= 15 is 4.39 Å². The predicted octanol–water partition coefficient (Wildman–Crippen LogP) is 6.90. The average molecular weight is 677 g/mol. The molecule has 0 spiro atoms. The molecule has 4 aromatic rings. The van der Waals surface area contributed by atoms with Crippen LogP contribution in [0, 0.1) is 28.4 Å². The van der Waals surface area contributed by atoms with Crippen LogP contribution in [0.5, 0.6) is 6.01 Å². The number of anilines is 1. The molecule has 9 nitrogen and oxygen atoms in total. The number of alkyl halides is 1. The molecule has 3 aliphatic rings. The second-order valence-electron chi connectivity index (χ2n) is 14.4. The summed E-state index contributed by atoms with van der Waals surface area (Å²) in [5, 5.41) is 10.8. The first-order valence-corrected chi connectivity index (χ1v) is 17.1. The third-order valence-electron chi connectivity index (χ3n) is 10.6. The van der Waals surface area contributed by atoms with Gasteiger partial charge in [0.1, 0.15) is 39.6 Å². The molecule has 252 valence electrons. The number of pyridine rings is 1. The Balaban J connectivity index is 1.30. The minimum Gasteiger partial charge on any atom is -0.463 e.